The Kier molecular flexibility index (Phi) is 5.42. The number of carbonyl (C=O) groups is 1. The number of hydrogen-bond donors (Lipinski definition) is 1. The molecule has 1 aliphatic heterocycles. The van der Waals surface area contributed by atoms with Gasteiger partial charge in [-0.25, -0.2) is 0 Å². The minimum absolute atomic E-state index is 0.0939. The molecule has 1 aromatic heterocycles. The van der Waals surface area contributed by atoms with Crippen LogP contribution in [0.1, 0.15) is 19.4 Å². The van der Waals surface area contributed by atoms with Crippen molar-refractivity contribution in [2.75, 3.05) is 18.0 Å². The molecule has 1 amide bonds. The number of anilines is 1. The molecule has 1 N–H and O–H groups in total. The smallest absolute Gasteiger partial charge is 0.365 e. The topological polar surface area (TPSA) is 78.2 Å². The number of carbonyl (C=O) groups excluding carboxylic acids is 1. The van der Waals surface area contributed by atoms with Crippen LogP contribution in [-0.4, -0.2) is 48.4 Å². The van der Waals surface area contributed by atoms with Crippen LogP contribution < -0.4 is 10.2 Å². The number of pyridine rings is 1. The highest BCUT2D eigenvalue weighted by atomic mass is 19.4. The molecule has 0 aliphatic carbocycles. The average molecular weight is 392 g/mol. The van der Waals surface area contributed by atoms with Crippen molar-refractivity contribution in [3.8, 4) is 6.07 Å². The SMILES string of the molecule is C[C@@H]1CN(c2ccc(C#N)c3ncccc23)C[C@H](C(=O)N[C@H](C)C(F)(F)F)O1. The normalized spacial score (nSPS) is 21.2. The fourth-order valence-corrected chi connectivity index (χ4v) is 3.20. The lowest BCUT2D eigenvalue weighted by atomic mass is 10.1. The summed E-state index contributed by atoms with van der Waals surface area (Å²) in [7, 11) is 0. The van der Waals surface area contributed by atoms with Crippen LogP contribution in [0.5, 0.6) is 0 Å². The third-order valence-electron chi connectivity index (χ3n) is 4.61. The molecule has 1 saturated heterocycles. The van der Waals surface area contributed by atoms with Gasteiger partial charge in [-0.3, -0.25) is 9.78 Å². The first kappa shape index (κ1) is 19.9. The average Bonchev–Trinajstić information content (AvgIpc) is 2.65. The van der Waals surface area contributed by atoms with Crippen molar-refractivity contribution >= 4 is 22.5 Å². The van der Waals surface area contributed by atoms with Crippen molar-refractivity contribution in [3.63, 3.8) is 0 Å². The largest absolute Gasteiger partial charge is 0.408 e. The third kappa shape index (κ3) is 4.02. The van der Waals surface area contributed by atoms with Crippen molar-refractivity contribution in [2.45, 2.75) is 38.3 Å². The molecule has 6 nitrogen and oxygen atoms in total. The second-order valence-corrected chi connectivity index (χ2v) is 6.76. The zero-order valence-electron chi connectivity index (χ0n) is 15.3. The zero-order valence-corrected chi connectivity index (χ0v) is 15.3. The lowest BCUT2D eigenvalue weighted by Crippen LogP contribution is -2.55. The van der Waals surface area contributed by atoms with E-state index in [2.05, 4.69) is 11.1 Å². The second kappa shape index (κ2) is 7.64. The molecule has 1 aliphatic rings. The summed E-state index contributed by atoms with van der Waals surface area (Å²) in [6, 6.07) is 7.09. The molecular formula is C19H19F3N4O2. The molecule has 28 heavy (non-hydrogen) atoms. The van der Waals surface area contributed by atoms with Gasteiger partial charge in [0.1, 0.15) is 12.1 Å². The summed E-state index contributed by atoms with van der Waals surface area (Å²) >= 11 is 0. The van der Waals surface area contributed by atoms with Crippen LogP contribution in [-0.2, 0) is 9.53 Å². The second-order valence-electron chi connectivity index (χ2n) is 6.76. The predicted molar refractivity (Wildman–Crippen MR) is 96.7 cm³/mol. The molecule has 2 aromatic rings. The maximum atomic E-state index is 12.7. The summed E-state index contributed by atoms with van der Waals surface area (Å²) in [5, 5.41) is 12.0. The van der Waals surface area contributed by atoms with Gasteiger partial charge in [-0.1, -0.05) is 0 Å². The van der Waals surface area contributed by atoms with Crippen LogP contribution in [0.25, 0.3) is 10.9 Å². The molecule has 1 aromatic carbocycles. The monoisotopic (exact) mass is 392 g/mol. The van der Waals surface area contributed by atoms with Crippen LogP contribution in [0.15, 0.2) is 30.5 Å². The number of amides is 1. The lowest BCUT2D eigenvalue weighted by molar-refractivity contribution is -0.163. The predicted octanol–water partition coefficient (Wildman–Crippen LogP) is 2.77. The number of aromatic nitrogens is 1. The molecule has 1 fully saturated rings. The Hall–Kier alpha value is -2.86. The Bertz CT molecular complexity index is 926. The number of nitrogens with zero attached hydrogens (tertiary/aromatic N) is 3. The van der Waals surface area contributed by atoms with Gasteiger partial charge in [-0.05, 0) is 38.1 Å². The first-order chi connectivity index (χ1) is 13.2. The van der Waals surface area contributed by atoms with E-state index < -0.39 is 24.2 Å². The van der Waals surface area contributed by atoms with E-state index in [1.54, 1.807) is 31.3 Å². The molecule has 0 radical (unpaired) electrons. The van der Waals surface area contributed by atoms with Crippen LogP contribution in [0.3, 0.4) is 0 Å². The number of fused-ring (bicyclic) bond motifs is 1. The number of halogens is 3. The molecule has 3 rings (SSSR count). The first-order valence-corrected chi connectivity index (χ1v) is 8.76. The van der Waals surface area contributed by atoms with Gasteiger partial charge >= 0.3 is 6.18 Å². The number of nitrogens with one attached hydrogen (secondary N) is 1. The number of ether oxygens (including phenoxy) is 1. The number of alkyl halides is 3. The van der Waals surface area contributed by atoms with Crippen molar-refractivity contribution in [3.05, 3.63) is 36.0 Å². The van der Waals surface area contributed by atoms with E-state index in [0.717, 1.165) is 18.0 Å². The minimum Gasteiger partial charge on any atom is -0.365 e. The van der Waals surface area contributed by atoms with Gasteiger partial charge in [-0.15, -0.1) is 0 Å². The fourth-order valence-electron chi connectivity index (χ4n) is 3.20. The van der Waals surface area contributed by atoms with Gasteiger partial charge in [0.15, 0.2) is 6.10 Å². The van der Waals surface area contributed by atoms with E-state index in [0.29, 0.717) is 17.6 Å². The maximum Gasteiger partial charge on any atom is 0.408 e. The van der Waals surface area contributed by atoms with Gasteiger partial charge in [0.2, 0.25) is 0 Å². The fraction of sp³-hybridized carbons (Fsp3) is 0.421. The molecule has 2 heterocycles. The van der Waals surface area contributed by atoms with Gasteiger partial charge in [0.05, 0.1) is 23.7 Å². The number of nitriles is 1. The Labute approximate surface area is 159 Å². The van der Waals surface area contributed by atoms with E-state index in [4.69, 9.17) is 4.74 Å². The first-order valence-electron chi connectivity index (χ1n) is 8.76. The van der Waals surface area contributed by atoms with Crippen LogP contribution in [0, 0.1) is 11.3 Å². The van der Waals surface area contributed by atoms with E-state index in [9.17, 15) is 23.2 Å². The van der Waals surface area contributed by atoms with Gasteiger partial charge in [0, 0.05) is 23.8 Å². The lowest BCUT2D eigenvalue weighted by Gasteiger charge is -2.38. The number of benzene rings is 1. The minimum atomic E-state index is -4.52. The molecule has 9 heteroatoms. The quantitative estimate of drug-likeness (QED) is 0.869. The molecule has 0 unspecified atom stereocenters. The highest BCUT2D eigenvalue weighted by Gasteiger charge is 2.39. The van der Waals surface area contributed by atoms with Crippen molar-refractivity contribution in [2.24, 2.45) is 0 Å². The van der Waals surface area contributed by atoms with E-state index >= 15 is 0 Å². The standard InChI is InChI=1S/C19H19F3N4O2/c1-11-9-26(10-16(28-11)18(27)25-12(2)19(20,21)22)15-6-5-13(8-23)17-14(15)4-3-7-24-17/h3-7,11-12,16H,9-10H2,1-2H3,(H,25,27)/t11-,12-,16-/m1/s1. The summed E-state index contributed by atoms with van der Waals surface area (Å²) in [6.45, 7) is 3.19. The highest BCUT2D eigenvalue weighted by Crippen LogP contribution is 2.30. The van der Waals surface area contributed by atoms with Gasteiger partial charge in [-0.2, -0.15) is 18.4 Å². The van der Waals surface area contributed by atoms with Crippen LogP contribution in [0.2, 0.25) is 0 Å². The Morgan fingerprint density at radius 3 is 2.82 bits per heavy atom. The zero-order chi connectivity index (χ0) is 20.5. The van der Waals surface area contributed by atoms with Crippen molar-refractivity contribution in [1.29, 1.82) is 5.26 Å². The Morgan fingerprint density at radius 2 is 2.14 bits per heavy atom. The van der Waals surface area contributed by atoms with Crippen molar-refractivity contribution < 1.29 is 22.7 Å². The summed E-state index contributed by atoms with van der Waals surface area (Å²) in [5.74, 6) is -0.808. The number of morpholine rings is 1. The van der Waals surface area contributed by atoms with Gasteiger partial charge in [0.25, 0.3) is 5.91 Å². The summed E-state index contributed by atoms with van der Waals surface area (Å²) in [5.41, 5.74) is 1.71. The number of hydrogen-bond acceptors (Lipinski definition) is 5. The molecule has 0 bridgehead atoms. The van der Waals surface area contributed by atoms with E-state index in [1.165, 1.54) is 0 Å². The highest BCUT2D eigenvalue weighted by molar-refractivity contribution is 5.95. The van der Waals surface area contributed by atoms with E-state index in [1.807, 2.05) is 16.3 Å². The van der Waals surface area contributed by atoms with Crippen LogP contribution in [0.4, 0.5) is 18.9 Å². The summed E-state index contributed by atoms with van der Waals surface area (Å²) in [4.78, 5) is 18.5. The maximum absolute atomic E-state index is 12.7. The van der Waals surface area contributed by atoms with Crippen LogP contribution >= 0.6 is 0 Å². The Balaban J connectivity index is 1.87. The number of rotatable bonds is 3. The summed E-state index contributed by atoms with van der Waals surface area (Å²) in [6.07, 6.45) is -4.35. The molecule has 0 saturated carbocycles. The van der Waals surface area contributed by atoms with E-state index in [-0.39, 0.29) is 12.6 Å². The third-order valence-corrected chi connectivity index (χ3v) is 4.61. The summed E-state index contributed by atoms with van der Waals surface area (Å²) < 4.78 is 43.8. The molecule has 3 atom stereocenters. The molecule has 0 spiro atoms. The molecule has 148 valence electrons. The Morgan fingerprint density at radius 1 is 1.39 bits per heavy atom. The molecular weight excluding hydrogens is 373 g/mol. The van der Waals surface area contributed by atoms with Gasteiger partial charge < -0.3 is 15.0 Å². The van der Waals surface area contributed by atoms with Crippen molar-refractivity contribution in [1.82, 2.24) is 10.3 Å².